The van der Waals surface area contributed by atoms with Crippen LogP contribution in [0.1, 0.15) is 57.9 Å². The summed E-state index contributed by atoms with van der Waals surface area (Å²) in [5.41, 5.74) is 2.31. The largest absolute Gasteiger partial charge is 0.372 e. The van der Waals surface area contributed by atoms with Crippen LogP contribution in [0, 0.1) is 0 Å². The van der Waals surface area contributed by atoms with Gasteiger partial charge in [0.15, 0.2) is 0 Å². The lowest BCUT2D eigenvalue weighted by atomic mass is 10.1. The Labute approximate surface area is 161 Å². The van der Waals surface area contributed by atoms with Crippen molar-refractivity contribution in [1.82, 2.24) is 5.32 Å². The molecule has 1 heterocycles. The van der Waals surface area contributed by atoms with Gasteiger partial charge in [0.2, 0.25) is 0 Å². The van der Waals surface area contributed by atoms with Crippen molar-refractivity contribution < 1.29 is 4.79 Å². The number of unbranched alkanes of at least 4 members (excludes halogenated alkanes) is 4. The zero-order valence-electron chi connectivity index (χ0n) is 15.2. The van der Waals surface area contributed by atoms with Crippen LogP contribution in [-0.4, -0.2) is 23.3 Å². The molecule has 0 unspecified atom stereocenters. The number of benzene rings is 1. The average Bonchev–Trinajstić information content (AvgIpc) is 2.92. The van der Waals surface area contributed by atoms with Gasteiger partial charge in [-0.2, -0.15) is 0 Å². The van der Waals surface area contributed by atoms with Crippen molar-refractivity contribution in [3.05, 3.63) is 34.7 Å². The van der Waals surface area contributed by atoms with Crippen molar-refractivity contribution >= 4 is 46.0 Å². The summed E-state index contributed by atoms with van der Waals surface area (Å²) in [6.07, 6.45) is 9.43. The summed E-state index contributed by atoms with van der Waals surface area (Å²) >= 11 is 6.36. The number of hydrogen-bond acceptors (Lipinski definition) is 4. The highest BCUT2D eigenvalue weighted by Crippen LogP contribution is 2.26. The molecule has 0 bridgehead atoms. The van der Waals surface area contributed by atoms with Gasteiger partial charge in [-0.3, -0.25) is 4.79 Å². The Balaban J connectivity index is 2.04. The molecule has 0 atom stereocenters. The van der Waals surface area contributed by atoms with Crippen molar-refractivity contribution in [1.29, 1.82) is 0 Å². The van der Waals surface area contributed by atoms with E-state index in [1.165, 1.54) is 56.0 Å². The van der Waals surface area contributed by atoms with Crippen LogP contribution in [-0.2, 0) is 4.79 Å². The molecule has 1 saturated heterocycles. The molecule has 0 saturated carbocycles. The first kappa shape index (κ1) is 20.0. The minimum absolute atomic E-state index is 0.0974. The molecule has 136 valence electrons. The highest BCUT2D eigenvalue weighted by Gasteiger charge is 2.21. The highest BCUT2D eigenvalue weighted by atomic mass is 32.2. The number of thiocarbonyl (C=S) groups is 1. The summed E-state index contributed by atoms with van der Waals surface area (Å²) in [6.45, 7) is 6.72. The molecule has 1 aliphatic rings. The van der Waals surface area contributed by atoms with Crippen molar-refractivity contribution in [2.24, 2.45) is 0 Å². The van der Waals surface area contributed by atoms with Crippen molar-refractivity contribution in [3.63, 3.8) is 0 Å². The van der Waals surface area contributed by atoms with Gasteiger partial charge in [0, 0.05) is 18.8 Å². The number of nitrogens with zero attached hydrogens (tertiary/aromatic N) is 1. The van der Waals surface area contributed by atoms with Gasteiger partial charge in [0.1, 0.15) is 4.32 Å². The lowest BCUT2D eigenvalue weighted by molar-refractivity contribution is -0.115. The Bertz CT molecular complexity index is 601. The van der Waals surface area contributed by atoms with Gasteiger partial charge in [-0.05, 0) is 36.6 Å². The quantitative estimate of drug-likeness (QED) is 0.338. The Hall–Kier alpha value is -1.33. The van der Waals surface area contributed by atoms with Crippen molar-refractivity contribution in [2.75, 3.05) is 18.0 Å². The molecule has 1 aliphatic heterocycles. The van der Waals surface area contributed by atoms with E-state index in [1.807, 2.05) is 6.08 Å². The third-order valence-corrected chi connectivity index (χ3v) is 5.42. The van der Waals surface area contributed by atoms with E-state index in [-0.39, 0.29) is 5.91 Å². The van der Waals surface area contributed by atoms with E-state index in [9.17, 15) is 4.79 Å². The molecule has 3 nitrogen and oxygen atoms in total. The standard InChI is InChI=1S/C20H28N2OS2/c1-3-5-7-13-22(14-8-6-4-2)17-11-9-16(10-12-17)15-18-19(23)21-20(24)25-18/h9-12,15H,3-8,13-14H2,1-2H3,(H,21,23,24). The molecule has 1 amide bonds. The molecule has 1 N–H and O–H groups in total. The third-order valence-electron chi connectivity index (χ3n) is 4.26. The molecule has 1 fully saturated rings. The van der Waals surface area contributed by atoms with Crippen LogP contribution in [0.4, 0.5) is 5.69 Å². The molecule has 0 aromatic heterocycles. The Morgan fingerprint density at radius 3 is 2.12 bits per heavy atom. The normalized spacial score (nSPS) is 15.7. The lowest BCUT2D eigenvalue weighted by Crippen LogP contribution is -2.25. The number of carbonyl (C=O) groups excluding carboxylic acids is 1. The number of anilines is 1. The Morgan fingerprint density at radius 1 is 1.04 bits per heavy atom. The van der Waals surface area contributed by atoms with Gasteiger partial charge in [-0.15, -0.1) is 0 Å². The minimum atomic E-state index is -0.0974. The summed E-state index contributed by atoms with van der Waals surface area (Å²) in [5.74, 6) is -0.0974. The van der Waals surface area contributed by atoms with E-state index in [1.54, 1.807) is 0 Å². The maximum absolute atomic E-state index is 11.8. The number of rotatable bonds is 10. The Morgan fingerprint density at radius 2 is 1.64 bits per heavy atom. The van der Waals surface area contributed by atoms with Gasteiger partial charge in [0.05, 0.1) is 4.91 Å². The van der Waals surface area contributed by atoms with Crippen molar-refractivity contribution in [2.45, 2.75) is 52.4 Å². The highest BCUT2D eigenvalue weighted by molar-refractivity contribution is 8.26. The second-order valence-electron chi connectivity index (χ2n) is 6.35. The van der Waals surface area contributed by atoms with Crippen molar-refractivity contribution in [3.8, 4) is 0 Å². The topological polar surface area (TPSA) is 32.3 Å². The number of amides is 1. The van der Waals surface area contributed by atoms with Gasteiger partial charge in [-0.1, -0.05) is 75.6 Å². The van der Waals surface area contributed by atoms with Gasteiger partial charge < -0.3 is 10.2 Å². The summed E-state index contributed by atoms with van der Waals surface area (Å²) in [4.78, 5) is 14.9. The van der Waals surface area contributed by atoms with Crippen LogP contribution in [0.15, 0.2) is 29.2 Å². The summed E-state index contributed by atoms with van der Waals surface area (Å²) in [5, 5.41) is 2.65. The fourth-order valence-corrected chi connectivity index (χ4v) is 3.87. The molecule has 2 rings (SSSR count). The number of thioether (sulfide) groups is 1. The molecular formula is C20H28N2OS2. The predicted octanol–water partition coefficient (Wildman–Crippen LogP) is 5.36. The van der Waals surface area contributed by atoms with E-state index in [2.05, 4.69) is 48.3 Å². The molecule has 0 radical (unpaired) electrons. The summed E-state index contributed by atoms with van der Waals surface area (Å²) in [6, 6.07) is 8.51. The summed E-state index contributed by atoms with van der Waals surface area (Å²) in [7, 11) is 0. The molecule has 0 spiro atoms. The zero-order chi connectivity index (χ0) is 18.1. The number of nitrogens with one attached hydrogen (secondary N) is 1. The minimum Gasteiger partial charge on any atom is -0.372 e. The van der Waals surface area contributed by atoms with Crippen LogP contribution >= 0.6 is 24.0 Å². The van der Waals surface area contributed by atoms with E-state index >= 15 is 0 Å². The fraction of sp³-hybridized carbons (Fsp3) is 0.500. The van der Waals surface area contributed by atoms with Gasteiger partial charge in [0.25, 0.3) is 5.91 Å². The van der Waals surface area contributed by atoms with E-state index in [4.69, 9.17) is 12.2 Å². The zero-order valence-corrected chi connectivity index (χ0v) is 16.8. The third kappa shape index (κ3) is 6.48. The van der Waals surface area contributed by atoms with E-state index in [0.717, 1.165) is 18.7 Å². The second kappa shape index (κ2) is 10.6. The van der Waals surface area contributed by atoms with Gasteiger partial charge >= 0.3 is 0 Å². The molecule has 1 aromatic carbocycles. The molecule has 5 heteroatoms. The lowest BCUT2D eigenvalue weighted by Gasteiger charge is -2.25. The second-order valence-corrected chi connectivity index (χ2v) is 8.06. The van der Waals surface area contributed by atoms with Crippen LogP contribution in [0.2, 0.25) is 0 Å². The first-order valence-electron chi connectivity index (χ1n) is 9.24. The van der Waals surface area contributed by atoms with Crippen LogP contribution in [0.25, 0.3) is 6.08 Å². The first-order valence-corrected chi connectivity index (χ1v) is 10.5. The summed E-state index contributed by atoms with van der Waals surface area (Å²) < 4.78 is 0.533. The molecule has 25 heavy (non-hydrogen) atoms. The van der Waals surface area contributed by atoms with Crippen LogP contribution < -0.4 is 10.2 Å². The van der Waals surface area contributed by atoms with Crippen LogP contribution in [0.5, 0.6) is 0 Å². The molecule has 0 aliphatic carbocycles. The fourth-order valence-electron chi connectivity index (χ4n) is 2.83. The molecule has 1 aromatic rings. The number of hydrogen-bond donors (Lipinski definition) is 1. The predicted molar refractivity (Wildman–Crippen MR) is 114 cm³/mol. The maximum atomic E-state index is 11.8. The monoisotopic (exact) mass is 376 g/mol. The SMILES string of the molecule is CCCCCN(CCCCC)c1ccc(C=C2SC(=S)NC2=O)cc1. The maximum Gasteiger partial charge on any atom is 0.263 e. The van der Waals surface area contributed by atoms with Crippen LogP contribution in [0.3, 0.4) is 0 Å². The Kier molecular flexibility index (Phi) is 8.49. The molecular weight excluding hydrogens is 348 g/mol. The van der Waals surface area contributed by atoms with E-state index in [0.29, 0.717) is 9.23 Å². The number of carbonyl (C=O) groups is 1. The first-order chi connectivity index (χ1) is 12.1. The average molecular weight is 377 g/mol. The smallest absolute Gasteiger partial charge is 0.263 e. The van der Waals surface area contributed by atoms with Gasteiger partial charge in [-0.25, -0.2) is 0 Å². The van der Waals surface area contributed by atoms with E-state index < -0.39 is 0 Å².